The van der Waals surface area contributed by atoms with Crippen molar-refractivity contribution in [3.63, 3.8) is 0 Å². The first-order valence-electron chi connectivity index (χ1n) is 10.7. The van der Waals surface area contributed by atoms with Crippen molar-refractivity contribution in [1.29, 1.82) is 0 Å². The molecule has 24 heavy (non-hydrogen) atoms. The van der Waals surface area contributed by atoms with Crippen LogP contribution in [-0.2, 0) is 6.42 Å². The van der Waals surface area contributed by atoms with Crippen LogP contribution in [0.2, 0.25) is 0 Å². The van der Waals surface area contributed by atoms with E-state index in [2.05, 4.69) is 51.1 Å². The van der Waals surface area contributed by atoms with Crippen LogP contribution in [0.3, 0.4) is 0 Å². The Kier molecular flexibility index (Phi) is 12.6. The number of aryl methyl sites for hydroxylation is 1. The summed E-state index contributed by atoms with van der Waals surface area (Å²) in [6, 6.07) is 11.0. The van der Waals surface area contributed by atoms with Crippen LogP contribution in [0.4, 0.5) is 0 Å². The Bertz CT molecular complexity index is 363. The molecule has 0 N–H and O–H groups in total. The van der Waals surface area contributed by atoms with Crippen molar-refractivity contribution < 1.29 is 0 Å². The molecule has 0 amide bonds. The van der Waals surface area contributed by atoms with Crippen molar-refractivity contribution in [3.05, 3.63) is 35.9 Å². The first-order chi connectivity index (χ1) is 11.8. The van der Waals surface area contributed by atoms with E-state index < -0.39 is 7.26 Å². The summed E-state index contributed by atoms with van der Waals surface area (Å²) < 4.78 is 0. The average molecular weight is 350 g/mol. The Balaban J connectivity index is 2.42. The third-order valence-electron chi connectivity index (χ3n) is 5.40. The van der Waals surface area contributed by atoms with Crippen molar-refractivity contribution in [1.82, 2.24) is 0 Å². The molecule has 0 bridgehead atoms. The predicted molar refractivity (Wildman–Crippen MR) is 115 cm³/mol. The maximum absolute atomic E-state index is 2.37. The van der Waals surface area contributed by atoms with Gasteiger partial charge < -0.3 is 0 Å². The van der Waals surface area contributed by atoms with Gasteiger partial charge in [-0.05, 0) is 50.5 Å². The van der Waals surface area contributed by atoms with Gasteiger partial charge in [0.25, 0.3) is 0 Å². The zero-order chi connectivity index (χ0) is 17.5. The van der Waals surface area contributed by atoms with E-state index in [4.69, 9.17) is 0 Å². The Morgan fingerprint density at radius 2 is 1.08 bits per heavy atom. The lowest BCUT2D eigenvalue weighted by atomic mass is 10.1. The summed E-state index contributed by atoms with van der Waals surface area (Å²) in [5.74, 6) is 0. The van der Waals surface area contributed by atoms with Crippen LogP contribution in [0.1, 0.15) is 84.1 Å². The fourth-order valence-electron chi connectivity index (χ4n) is 3.75. The van der Waals surface area contributed by atoms with Crippen LogP contribution < -0.4 is 0 Å². The summed E-state index contributed by atoms with van der Waals surface area (Å²) in [5.41, 5.74) is 1.52. The summed E-state index contributed by atoms with van der Waals surface area (Å²) in [7, 11) is -0.658. The third kappa shape index (κ3) is 9.22. The minimum absolute atomic E-state index is 0.658. The molecule has 1 aromatic carbocycles. The second-order valence-electron chi connectivity index (χ2n) is 7.59. The van der Waals surface area contributed by atoms with Gasteiger partial charge in [0, 0.05) is 7.26 Å². The molecule has 0 aliphatic rings. The topological polar surface area (TPSA) is 0 Å². The van der Waals surface area contributed by atoms with Gasteiger partial charge in [0.15, 0.2) is 0 Å². The summed E-state index contributed by atoms with van der Waals surface area (Å²) >= 11 is 0. The lowest BCUT2D eigenvalue weighted by molar-refractivity contribution is 0.714. The van der Waals surface area contributed by atoms with E-state index in [1.807, 2.05) is 0 Å². The molecule has 0 radical (unpaired) electrons. The van der Waals surface area contributed by atoms with E-state index in [9.17, 15) is 0 Å². The maximum Gasteiger partial charge on any atom is 0.0594 e. The zero-order valence-electron chi connectivity index (χ0n) is 16.7. The molecule has 0 heterocycles. The molecule has 1 aromatic rings. The molecule has 1 rings (SSSR count). The number of benzene rings is 1. The van der Waals surface area contributed by atoms with Crippen molar-refractivity contribution in [2.75, 3.05) is 24.6 Å². The average Bonchev–Trinajstić information content (AvgIpc) is 2.63. The van der Waals surface area contributed by atoms with Gasteiger partial charge in [0.05, 0.1) is 24.6 Å². The number of hydrogen-bond donors (Lipinski definition) is 0. The highest BCUT2D eigenvalue weighted by Crippen LogP contribution is 2.61. The van der Waals surface area contributed by atoms with E-state index >= 15 is 0 Å². The van der Waals surface area contributed by atoms with Crippen LogP contribution in [-0.4, -0.2) is 24.6 Å². The predicted octanol–water partition coefficient (Wildman–Crippen LogP) is 7.82. The minimum atomic E-state index is -0.658. The fourth-order valence-corrected chi connectivity index (χ4v) is 8.95. The van der Waals surface area contributed by atoms with Crippen molar-refractivity contribution in [2.24, 2.45) is 0 Å². The Morgan fingerprint density at radius 3 is 1.58 bits per heavy atom. The molecule has 0 aliphatic carbocycles. The highest BCUT2D eigenvalue weighted by atomic mass is 31.2. The minimum Gasteiger partial charge on any atom is -0.0652 e. The summed E-state index contributed by atoms with van der Waals surface area (Å²) in [6.45, 7) is 7.11. The molecule has 0 saturated heterocycles. The van der Waals surface area contributed by atoms with Gasteiger partial charge in [0.1, 0.15) is 0 Å². The summed E-state index contributed by atoms with van der Waals surface area (Å²) in [5, 5.41) is 0. The molecule has 0 fully saturated rings. The van der Waals surface area contributed by atoms with E-state index in [0.29, 0.717) is 0 Å². The number of rotatable bonds is 15. The smallest absolute Gasteiger partial charge is 0.0594 e. The van der Waals surface area contributed by atoms with Crippen LogP contribution in [0.25, 0.3) is 0 Å². The van der Waals surface area contributed by atoms with Crippen molar-refractivity contribution in [2.45, 2.75) is 85.0 Å². The maximum atomic E-state index is 2.37. The molecule has 0 aliphatic heterocycles. The number of unbranched alkanes of at least 4 members (excludes halogenated alkanes) is 5. The standard InChI is InChI=1S/C23H42P/c1-4-7-19-24(20-8-5-2,21-9-6-3)22-15-11-14-18-23-16-12-10-13-17-23/h10,12-13,16-17H,4-9,11,14-15,18-22H2,1-3H3/q+1. The lowest BCUT2D eigenvalue weighted by Crippen LogP contribution is -2.13. The van der Waals surface area contributed by atoms with Crippen molar-refractivity contribution >= 4 is 7.26 Å². The molecule has 0 atom stereocenters. The van der Waals surface area contributed by atoms with Gasteiger partial charge in [-0.25, -0.2) is 0 Å². The van der Waals surface area contributed by atoms with Gasteiger partial charge in [-0.3, -0.25) is 0 Å². The highest BCUT2D eigenvalue weighted by molar-refractivity contribution is 7.75. The van der Waals surface area contributed by atoms with Gasteiger partial charge >= 0.3 is 0 Å². The molecule has 0 spiro atoms. The van der Waals surface area contributed by atoms with Gasteiger partial charge in [-0.15, -0.1) is 0 Å². The molecule has 0 unspecified atom stereocenters. The third-order valence-corrected chi connectivity index (χ3v) is 10.5. The van der Waals surface area contributed by atoms with Gasteiger partial charge in [-0.1, -0.05) is 70.4 Å². The fraction of sp³-hybridized carbons (Fsp3) is 0.739. The second kappa shape index (κ2) is 13.9. The van der Waals surface area contributed by atoms with E-state index in [1.54, 1.807) is 24.6 Å². The van der Waals surface area contributed by atoms with Crippen LogP contribution >= 0.6 is 7.26 Å². The lowest BCUT2D eigenvalue weighted by Gasteiger charge is -2.28. The molecular formula is C23H42P+. The monoisotopic (exact) mass is 349 g/mol. The first kappa shape index (κ1) is 21.7. The van der Waals surface area contributed by atoms with E-state index in [0.717, 1.165) is 0 Å². The molecular weight excluding hydrogens is 307 g/mol. The second-order valence-corrected chi connectivity index (χ2v) is 12.1. The molecule has 0 saturated carbocycles. The van der Waals surface area contributed by atoms with Crippen LogP contribution in [0.5, 0.6) is 0 Å². The van der Waals surface area contributed by atoms with E-state index in [1.165, 1.54) is 69.8 Å². The molecule has 0 nitrogen and oxygen atoms in total. The SMILES string of the molecule is CCCC[P+](CCCC)(CCCC)CCCCCc1ccccc1. The van der Waals surface area contributed by atoms with Gasteiger partial charge in [0.2, 0.25) is 0 Å². The van der Waals surface area contributed by atoms with Crippen LogP contribution in [0, 0.1) is 0 Å². The highest BCUT2D eigenvalue weighted by Gasteiger charge is 2.34. The van der Waals surface area contributed by atoms with Crippen molar-refractivity contribution in [3.8, 4) is 0 Å². The number of hydrogen-bond acceptors (Lipinski definition) is 0. The summed E-state index contributed by atoms with van der Waals surface area (Å²) in [6.07, 6.45) is 20.5. The molecule has 0 aromatic heterocycles. The summed E-state index contributed by atoms with van der Waals surface area (Å²) in [4.78, 5) is 0. The van der Waals surface area contributed by atoms with Crippen LogP contribution in [0.15, 0.2) is 30.3 Å². The van der Waals surface area contributed by atoms with E-state index in [-0.39, 0.29) is 0 Å². The molecule has 1 heteroatoms. The zero-order valence-corrected chi connectivity index (χ0v) is 17.6. The first-order valence-corrected chi connectivity index (χ1v) is 13.2. The van der Waals surface area contributed by atoms with Gasteiger partial charge in [-0.2, -0.15) is 0 Å². The quantitative estimate of drug-likeness (QED) is 0.224. The molecule has 138 valence electrons. The Labute approximate surface area is 153 Å². The Morgan fingerprint density at radius 1 is 0.583 bits per heavy atom. The Hall–Kier alpha value is -0.350. The largest absolute Gasteiger partial charge is 0.0652 e. The normalized spacial score (nSPS) is 11.8.